The fraction of sp³-hybridized carbons (Fsp3) is 0.360. The quantitative estimate of drug-likeness (QED) is 0.500. The standard InChI is InChI=1S/C25H26N6O4S/c1-34-23-5-3-18-24(29-23)19(6-7-26-18)27-9-15-10-30(11-15)12-17-13-31(25(33)35-17)16-2-4-21-20(8-16)28-22(32)14-36-21/h2-8,15,17H,9-14H2,1H3,(H,26,27)(H,28,32)/t17-/m1/s1. The number of benzene rings is 1. The van der Waals surface area contributed by atoms with Crippen molar-refractivity contribution in [2.75, 3.05) is 61.1 Å². The van der Waals surface area contributed by atoms with Crippen molar-refractivity contribution in [3.8, 4) is 5.88 Å². The van der Waals surface area contributed by atoms with Crippen LogP contribution in [0.3, 0.4) is 0 Å². The second-order valence-electron chi connectivity index (χ2n) is 9.18. The molecule has 0 radical (unpaired) electrons. The molecule has 0 saturated carbocycles. The average molecular weight is 507 g/mol. The number of thioether (sulfide) groups is 1. The SMILES string of the molecule is COc1ccc2nccc(NCC3CN(C[C@@H]4CN(c5ccc6c(c5)NC(=O)CS6)C(=O)O4)C3)c2n1. The van der Waals surface area contributed by atoms with Crippen molar-refractivity contribution in [2.24, 2.45) is 5.92 Å². The van der Waals surface area contributed by atoms with Gasteiger partial charge in [0.2, 0.25) is 11.8 Å². The van der Waals surface area contributed by atoms with E-state index in [1.54, 1.807) is 18.2 Å². The molecule has 11 heteroatoms. The van der Waals surface area contributed by atoms with Crippen molar-refractivity contribution in [3.05, 3.63) is 42.6 Å². The summed E-state index contributed by atoms with van der Waals surface area (Å²) in [6.45, 7) is 3.89. The molecule has 2 amide bonds. The van der Waals surface area contributed by atoms with E-state index in [4.69, 9.17) is 9.47 Å². The first-order chi connectivity index (χ1) is 17.6. The van der Waals surface area contributed by atoms with E-state index >= 15 is 0 Å². The molecule has 2 aromatic heterocycles. The van der Waals surface area contributed by atoms with Crippen LogP contribution in [0, 0.1) is 5.92 Å². The number of hydrogen-bond acceptors (Lipinski definition) is 9. The largest absolute Gasteiger partial charge is 0.481 e. The molecule has 1 atom stereocenters. The number of carbonyl (C=O) groups is 2. The fourth-order valence-corrected chi connectivity index (χ4v) is 5.62. The highest BCUT2D eigenvalue weighted by Gasteiger charge is 2.37. The molecule has 5 heterocycles. The molecule has 186 valence electrons. The zero-order chi connectivity index (χ0) is 24.6. The number of ether oxygens (including phenoxy) is 2. The number of rotatable bonds is 7. The maximum atomic E-state index is 12.5. The molecule has 2 saturated heterocycles. The Balaban J connectivity index is 1.01. The number of likely N-dealkylation sites (tertiary alicyclic amines) is 1. The molecule has 36 heavy (non-hydrogen) atoms. The molecule has 1 aromatic carbocycles. The van der Waals surface area contributed by atoms with Crippen LogP contribution in [0.25, 0.3) is 11.0 Å². The number of methoxy groups -OCH3 is 1. The maximum absolute atomic E-state index is 12.5. The first-order valence-corrected chi connectivity index (χ1v) is 12.8. The lowest BCUT2D eigenvalue weighted by atomic mass is 9.99. The molecule has 3 aromatic rings. The number of nitrogens with one attached hydrogen (secondary N) is 2. The first kappa shape index (κ1) is 22.9. The number of hydrogen-bond donors (Lipinski definition) is 2. The highest BCUT2D eigenvalue weighted by molar-refractivity contribution is 8.00. The minimum Gasteiger partial charge on any atom is -0.481 e. The Labute approximate surface area is 212 Å². The van der Waals surface area contributed by atoms with Crippen LogP contribution in [0.15, 0.2) is 47.5 Å². The summed E-state index contributed by atoms with van der Waals surface area (Å²) in [6, 6.07) is 11.3. The Kier molecular flexibility index (Phi) is 6.02. The van der Waals surface area contributed by atoms with Crippen LogP contribution < -0.4 is 20.3 Å². The van der Waals surface area contributed by atoms with Crippen LogP contribution in [0.5, 0.6) is 5.88 Å². The molecule has 10 nitrogen and oxygen atoms in total. The van der Waals surface area contributed by atoms with Crippen molar-refractivity contribution < 1.29 is 19.1 Å². The number of nitrogens with zero attached hydrogens (tertiary/aromatic N) is 4. The third-order valence-corrected chi connectivity index (χ3v) is 7.70. The Morgan fingerprint density at radius 3 is 2.94 bits per heavy atom. The second-order valence-corrected chi connectivity index (χ2v) is 10.2. The van der Waals surface area contributed by atoms with Crippen molar-refractivity contribution in [2.45, 2.75) is 11.0 Å². The molecule has 3 aliphatic heterocycles. The van der Waals surface area contributed by atoms with Gasteiger partial charge in [-0.15, -0.1) is 11.8 Å². The molecule has 2 fully saturated rings. The van der Waals surface area contributed by atoms with E-state index in [0.717, 1.165) is 52.6 Å². The number of carbonyl (C=O) groups excluding carboxylic acids is 2. The van der Waals surface area contributed by atoms with Gasteiger partial charge in [-0.1, -0.05) is 0 Å². The molecule has 0 unspecified atom stereocenters. The molecule has 2 N–H and O–H groups in total. The predicted octanol–water partition coefficient (Wildman–Crippen LogP) is 3.05. The van der Waals surface area contributed by atoms with Gasteiger partial charge < -0.3 is 20.1 Å². The van der Waals surface area contributed by atoms with Gasteiger partial charge in [-0.2, -0.15) is 0 Å². The van der Waals surface area contributed by atoms with Gasteiger partial charge in [0.1, 0.15) is 11.6 Å². The maximum Gasteiger partial charge on any atom is 0.414 e. The van der Waals surface area contributed by atoms with Crippen LogP contribution in [-0.4, -0.2) is 78.6 Å². The molecular weight excluding hydrogens is 480 g/mol. The van der Waals surface area contributed by atoms with Crippen molar-refractivity contribution in [3.63, 3.8) is 0 Å². The van der Waals surface area contributed by atoms with Crippen molar-refractivity contribution in [1.29, 1.82) is 0 Å². The van der Waals surface area contributed by atoms with E-state index in [1.807, 2.05) is 36.4 Å². The summed E-state index contributed by atoms with van der Waals surface area (Å²) in [4.78, 5) is 38.1. The summed E-state index contributed by atoms with van der Waals surface area (Å²) in [6.07, 6.45) is 1.25. The molecule has 0 aliphatic carbocycles. The van der Waals surface area contributed by atoms with E-state index in [9.17, 15) is 9.59 Å². The molecular formula is C25H26N6O4S. The molecule has 6 rings (SSSR count). The summed E-state index contributed by atoms with van der Waals surface area (Å²) in [5.74, 6) is 1.44. The minimum atomic E-state index is -0.346. The van der Waals surface area contributed by atoms with Gasteiger partial charge in [-0.25, -0.2) is 9.78 Å². The number of amides is 2. The lowest BCUT2D eigenvalue weighted by Gasteiger charge is -2.40. The number of aromatic nitrogens is 2. The van der Waals surface area contributed by atoms with Gasteiger partial charge in [0.25, 0.3) is 0 Å². The molecule has 0 spiro atoms. The monoisotopic (exact) mass is 506 g/mol. The van der Waals surface area contributed by atoms with Gasteiger partial charge in [0, 0.05) is 54.9 Å². The average Bonchev–Trinajstić information content (AvgIpc) is 3.24. The molecule has 3 aliphatic rings. The van der Waals surface area contributed by atoms with Crippen molar-refractivity contribution >= 4 is 51.9 Å². The Morgan fingerprint density at radius 2 is 2.08 bits per heavy atom. The van der Waals surface area contributed by atoms with E-state index < -0.39 is 0 Å². The predicted molar refractivity (Wildman–Crippen MR) is 138 cm³/mol. The van der Waals surface area contributed by atoms with E-state index in [1.165, 1.54) is 11.8 Å². The Bertz CT molecular complexity index is 1330. The third kappa shape index (κ3) is 4.51. The smallest absolute Gasteiger partial charge is 0.414 e. The van der Waals surface area contributed by atoms with Crippen LogP contribution in [0.1, 0.15) is 0 Å². The van der Waals surface area contributed by atoms with Crippen LogP contribution in [0.4, 0.5) is 21.9 Å². The van der Waals surface area contributed by atoms with E-state index in [-0.39, 0.29) is 18.1 Å². The topological polar surface area (TPSA) is 109 Å². The van der Waals surface area contributed by atoms with Gasteiger partial charge >= 0.3 is 6.09 Å². The summed E-state index contributed by atoms with van der Waals surface area (Å²) in [5, 5.41) is 6.39. The zero-order valence-electron chi connectivity index (χ0n) is 19.8. The highest BCUT2D eigenvalue weighted by Crippen LogP contribution is 2.35. The minimum absolute atomic E-state index is 0.0264. The van der Waals surface area contributed by atoms with E-state index in [2.05, 4.69) is 25.5 Å². The van der Waals surface area contributed by atoms with Crippen LogP contribution >= 0.6 is 11.8 Å². The second kappa shape index (κ2) is 9.47. The van der Waals surface area contributed by atoms with Gasteiger partial charge in [-0.05, 0) is 30.3 Å². The summed E-state index contributed by atoms with van der Waals surface area (Å²) in [5.41, 5.74) is 4.05. The number of pyridine rings is 2. The number of cyclic esters (lactones) is 1. The highest BCUT2D eigenvalue weighted by atomic mass is 32.2. The van der Waals surface area contributed by atoms with E-state index in [0.29, 0.717) is 30.6 Å². The van der Waals surface area contributed by atoms with Crippen LogP contribution in [-0.2, 0) is 9.53 Å². The van der Waals surface area contributed by atoms with Gasteiger partial charge in [-0.3, -0.25) is 19.6 Å². The zero-order valence-corrected chi connectivity index (χ0v) is 20.6. The number of anilines is 3. The van der Waals surface area contributed by atoms with Crippen molar-refractivity contribution in [1.82, 2.24) is 14.9 Å². The third-order valence-electron chi connectivity index (χ3n) is 6.63. The Morgan fingerprint density at radius 1 is 1.19 bits per heavy atom. The van der Waals surface area contributed by atoms with Gasteiger partial charge in [0.05, 0.1) is 36.3 Å². The fourth-order valence-electron chi connectivity index (χ4n) is 4.83. The molecule has 0 bridgehead atoms. The van der Waals surface area contributed by atoms with Crippen LogP contribution in [0.2, 0.25) is 0 Å². The first-order valence-electron chi connectivity index (χ1n) is 11.9. The number of fused-ring (bicyclic) bond motifs is 2. The Hall–Kier alpha value is -3.57. The summed E-state index contributed by atoms with van der Waals surface area (Å²) < 4.78 is 10.9. The summed E-state index contributed by atoms with van der Waals surface area (Å²) in [7, 11) is 1.60. The lowest BCUT2D eigenvalue weighted by Crippen LogP contribution is -2.52. The summed E-state index contributed by atoms with van der Waals surface area (Å²) >= 11 is 1.50. The lowest BCUT2D eigenvalue weighted by molar-refractivity contribution is -0.113. The normalized spacial score (nSPS) is 20.0. The van der Waals surface area contributed by atoms with Gasteiger partial charge in [0.15, 0.2) is 0 Å².